The molecule has 2 rings (SSSR count). The molecule has 0 spiro atoms. The van der Waals surface area contributed by atoms with E-state index in [1.54, 1.807) is 6.92 Å². The van der Waals surface area contributed by atoms with Gasteiger partial charge in [0.2, 0.25) is 10.0 Å². The predicted molar refractivity (Wildman–Crippen MR) is 87.5 cm³/mol. The van der Waals surface area contributed by atoms with Crippen molar-refractivity contribution in [2.24, 2.45) is 0 Å². The molecule has 0 aliphatic rings. The van der Waals surface area contributed by atoms with Gasteiger partial charge in [0, 0.05) is 10.9 Å². The molecule has 0 aliphatic carbocycles. The quantitative estimate of drug-likeness (QED) is 0.847. The van der Waals surface area contributed by atoms with E-state index >= 15 is 0 Å². The fraction of sp³-hybridized carbons (Fsp3) is 0.267. The van der Waals surface area contributed by atoms with Gasteiger partial charge in [-0.05, 0) is 35.1 Å². The Bertz CT molecular complexity index is 763. The number of benzene rings is 1. The van der Waals surface area contributed by atoms with Crippen molar-refractivity contribution in [1.82, 2.24) is 4.72 Å². The summed E-state index contributed by atoms with van der Waals surface area (Å²) in [6.45, 7) is 1.77. The molecule has 22 heavy (non-hydrogen) atoms. The highest BCUT2D eigenvalue weighted by molar-refractivity contribution is 7.88. The van der Waals surface area contributed by atoms with Crippen molar-refractivity contribution in [3.8, 4) is 11.1 Å². The molecule has 7 heteroatoms. The van der Waals surface area contributed by atoms with E-state index in [0.717, 1.165) is 27.8 Å². The van der Waals surface area contributed by atoms with Crippen molar-refractivity contribution in [2.75, 3.05) is 6.26 Å². The highest BCUT2D eigenvalue weighted by Crippen LogP contribution is 2.29. The summed E-state index contributed by atoms with van der Waals surface area (Å²) in [6, 6.07) is 9.04. The Morgan fingerprint density at radius 2 is 1.91 bits per heavy atom. The minimum absolute atomic E-state index is 0.000782. The van der Waals surface area contributed by atoms with Crippen molar-refractivity contribution in [3.63, 3.8) is 0 Å². The highest BCUT2D eigenvalue weighted by Gasteiger charge is 2.13. The Balaban J connectivity index is 2.22. The number of aliphatic carboxylic acids is 1. The van der Waals surface area contributed by atoms with Gasteiger partial charge in [0.15, 0.2) is 0 Å². The first-order valence-corrected chi connectivity index (χ1v) is 9.39. The molecular weight excluding hydrogens is 322 g/mol. The lowest BCUT2D eigenvalue weighted by molar-refractivity contribution is -0.136. The van der Waals surface area contributed by atoms with Crippen molar-refractivity contribution in [1.29, 1.82) is 0 Å². The van der Waals surface area contributed by atoms with Crippen LogP contribution in [0.25, 0.3) is 11.1 Å². The zero-order valence-corrected chi connectivity index (χ0v) is 13.9. The number of carbonyl (C=O) groups is 1. The number of hydrogen-bond acceptors (Lipinski definition) is 4. The van der Waals surface area contributed by atoms with Gasteiger partial charge >= 0.3 is 5.97 Å². The molecule has 118 valence electrons. The second kappa shape index (κ2) is 6.60. The average Bonchev–Trinajstić information content (AvgIpc) is 2.84. The van der Waals surface area contributed by atoms with Crippen LogP contribution in [0.4, 0.5) is 0 Å². The van der Waals surface area contributed by atoms with Crippen LogP contribution in [0.5, 0.6) is 0 Å². The molecular formula is C15H17NO4S2. The fourth-order valence-electron chi connectivity index (χ4n) is 2.21. The van der Waals surface area contributed by atoms with Crippen LogP contribution >= 0.6 is 11.3 Å². The molecule has 1 heterocycles. The molecule has 5 nitrogen and oxygen atoms in total. The van der Waals surface area contributed by atoms with E-state index in [4.69, 9.17) is 5.11 Å². The number of sulfonamides is 1. The van der Waals surface area contributed by atoms with Gasteiger partial charge in [-0.25, -0.2) is 13.1 Å². The zero-order valence-electron chi connectivity index (χ0n) is 12.2. The maximum Gasteiger partial charge on any atom is 0.308 e. The van der Waals surface area contributed by atoms with E-state index in [-0.39, 0.29) is 12.5 Å². The Morgan fingerprint density at radius 1 is 1.27 bits per heavy atom. The summed E-state index contributed by atoms with van der Waals surface area (Å²) in [5, 5.41) is 10.8. The van der Waals surface area contributed by atoms with Gasteiger partial charge in [-0.15, -0.1) is 11.3 Å². The van der Waals surface area contributed by atoms with Crippen molar-refractivity contribution in [2.45, 2.75) is 19.4 Å². The van der Waals surface area contributed by atoms with Crippen LogP contribution < -0.4 is 4.72 Å². The summed E-state index contributed by atoms with van der Waals surface area (Å²) in [4.78, 5) is 11.7. The standard InChI is InChI=1S/C15H17NO4S2/c1-10(16-22(2,19)20)11-3-5-12(6-4-11)13-7-8-21-14(13)9-15(17)18/h3-8,10,16H,9H2,1-2H3,(H,17,18)/t10-/m0/s1. The molecule has 0 fully saturated rings. The minimum atomic E-state index is -3.26. The van der Waals surface area contributed by atoms with Gasteiger partial charge in [0.1, 0.15) is 0 Å². The number of rotatable bonds is 6. The maximum atomic E-state index is 11.3. The highest BCUT2D eigenvalue weighted by atomic mass is 32.2. The van der Waals surface area contributed by atoms with Crippen LogP contribution in [-0.4, -0.2) is 25.7 Å². The molecule has 0 aliphatic heterocycles. The predicted octanol–water partition coefficient (Wildman–Crippen LogP) is 2.65. The third kappa shape index (κ3) is 4.40. The largest absolute Gasteiger partial charge is 0.481 e. The van der Waals surface area contributed by atoms with Crippen LogP contribution in [0.15, 0.2) is 35.7 Å². The van der Waals surface area contributed by atoms with E-state index in [1.165, 1.54) is 11.3 Å². The van der Waals surface area contributed by atoms with Crippen LogP contribution in [-0.2, 0) is 21.2 Å². The molecule has 0 radical (unpaired) electrons. The normalized spacial score (nSPS) is 13.0. The summed E-state index contributed by atoms with van der Waals surface area (Å²) in [5.41, 5.74) is 2.68. The number of nitrogens with one attached hydrogen (secondary N) is 1. The van der Waals surface area contributed by atoms with Crippen LogP contribution in [0.2, 0.25) is 0 Å². The Morgan fingerprint density at radius 3 is 2.45 bits per heavy atom. The molecule has 1 aromatic carbocycles. The van der Waals surface area contributed by atoms with Crippen molar-refractivity contribution < 1.29 is 18.3 Å². The smallest absolute Gasteiger partial charge is 0.308 e. The second-order valence-electron chi connectivity index (χ2n) is 5.06. The average molecular weight is 339 g/mol. The van der Waals surface area contributed by atoms with E-state index < -0.39 is 16.0 Å². The Kier molecular flexibility index (Phi) is 5.00. The SMILES string of the molecule is C[C@H](NS(C)(=O)=O)c1ccc(-c2ccsc2CC(=O)O)cc1. The lowest BCUT2D eigenvalue weighted by Crippen LogP contribution is -2.25. The van der Waals surface area contributed by atoms with E-state index in [1.807, 2.05) is 35.7 Å². The summed E-state index contributed by atoms with van der Waals surface area (Å²) >= 11 is 1.42. The summed E-state index contributed by atoms with van der Waals surface area (Å²) in [6.07, 6.45) is 1.13. The van der Waals surface area contributed by atoms with Gasteiger partial charge in [0.05, 0.1) is 12.7 Å². The van der Waals surface area contributed by atoms with Crippen molar-refractivity contribution >= 4 is 27.3 Å². The maximum absolute atomic E-state index is 11.3. The molecule has 0 saturated heterocycles. The number of thiophene rings is 1. The number of carboxylic acid groups (broad SMARTS) is 1. The summed E-state index contributed by atoms with van der Waals surface area (Å²) < 4.78 is 25.0. The van der Waals surface area contributed by atoms with E-state index in [0.29, 0.717) is 0 Å². The van der Waals surface area contributed by atoms with Crippen LogP contribution in [0.3, 0.4) is 0 Å². The van der Waals surface area contributed by atoms with Gasteiger partial charge in [-0.2, -0.15) is 0 Å². The van der Waals surface area contributed by atoms with E-state index in [2.05, 4.69) is 4.72 Å². The summed E-state index contributed by atoms with van der Waals surface area (Å²) in [5.74, 6) is -0.855. The lowest BCUT2D eigenvalue weighted by atomic mass is 10.0. The monoisotopic (exact) mass is 339 g/mol. The van der Waals surface area contributed by atoms with Gasteiger partial charge in [0.25, 0.3) is 0 Å². The molecule has 1 atom stereocenters. The fourth-order valence-corrected chi connectivity index (χ4v) is 3.88. The molecule has 2 N–H and O–H groups in total. The van der Waals surface area contributed by atoms with Crippen LogP contribution in [0.1, 0.15) is 23.4 Å². The number of hydrogen-bond donors (Lipinski definition) is 2. The molecule has 0 unspecified atom stereocenters. The Labute approximate surface area is 133 Å². The van der Waals surface area contributed by atoms with E-state index in [9.17, 15) is 13.2 Å². The Hall–Kier alpha value is -1.70. The topological polar surface area (TPSA) is 83.5 Å². The molecule has 2 aromatic rings. The van der Waals surface area contributed by atoms with Crippen LogP contribution in [0, 0.1) is 0 Å². The molecule has 1 aromatic heterocycles. The second-order valence-corrected chi connectivity index (χ2v) is 7.84. The van der Waals surface area contributed by atoms with Crippen molar-refractivity contribution in [3.05, 3.63) is 46.2 Å². The molecule has 0 saturated carbocycles. The third-order valence-corrected chi connectivity index (χ3v) is 4.87. The zero-order chi connectivity index (χ0) is 16.3. The molecule has 0 bridgehead atoms. The van der Waals surface area contributed by atoms with Gasteiger partial charge < -0.3 is 5.11 Å². The minimum Gasteiger partial charge on any atom is -0.481 e. The first-order chi connectivity index (χ1) is 10.3. The number of carboxylic acids is 1. The lowest BCUT2D eigenvalue weighted by Gasteiger charge is -2.13. The first kappa shape index (κ1) is 16.7. The van der Waals surface area contributed by atoms with Gasteiger partial charge in [-0.1, -0.05) is 24.3 Å². The first-order valence-electron chi connectivity index (χ1n) is 6.62. The molecule has 0 amide bonds. The van der Waals surface area contributed by atoms with Gasteiger partial charge in [-0.3, -0.25) is 4.79 Å². The third-order valence-electron chi connectivity index (χ3n) is 3.17. The summed E-state index contributed by atoms with van der Waals surface area (Å²) in [7, 11) is -3.26.